The van der Waals surface area contributed by atoms with Crippen LogP contribution in [-0.4, -0.2) is 27.9 Å². The van der Waals surface area contributed by atoms with Gasteiger partial charge in [0.2, 0.25) is 0 Å². The van der Waals surface area contributed by atoms with Crippen LogP contribution in [0, 0.1) is 11.3 Å². The van der Waals surface area contributed by atoms with Crippen LogP contribution in [0.4, 0.5) is 10.5 Å². The van der Waals surface area contributed by atoms with Gasteiger partial charge < -0.3 is 15.4 Å². The number of rotatable bonds is 8. The molecule has 4 rings (SSSR count). The van der Waals surface area contributed by atoms with Gasteiger partial charge in [0.25, 0.3) is 0 Å². The third-order valence-electron chi connectivity index (χ3n) is 5.03. The maximum absolute atomic E-state index is 12.5. The highest BCUT2D eigenvalue weighted by atomic mass is 35.5. The normalized spacial score (nSPS) is 10.5. The second kappa shape index (κ2) is 11.8. The van der Waals surface area contributed by atoms with E-state index in [1.165, 1.54) is 11.8 Å². The number of aromatic nitrogens is 3. The molecule has 0 saturated carbocycles. The standard InChI is InChI=1S/C25H20Cl2N6O2S/c1-35-20-4-2-3-17(11-20)15-36-25-32-31-23(33(25)22-10-7-18(26)12-21(22)27)14-29-24(34)30-19-8-5-16(13-28)6-9-19/h2-12H,14-15H2,1H3,(H2,29,30,34). The quantitative estimate of drug-likeness (QED) is 0.264. The smallest absolute Gasteiger partial charge is 0.319 e. The number of hydrogen-bond acceptors (Lipinski definition) is 6. The predicted octanol–water partition coefficient (Wildman–Crippen LogP) is 6.07. The monoisotopic (exact) mass is 538 g/mol. The Bertz CT molecular complexity index is 1420. The van der Waals surface area contributed by atoms with Crippen molar-refractivity contribution in [3.8, 4) is 17.5 Å². The summed E-state index contributed by atoms with van der Waals surface area (Å²) >= 11 is 14.1. The average molecular weight is 539 g/mol. The topological polar surface area (TPSA) is 105 Å². The summed E-state index contributed by atoms with van der Waals surface area (Å²) < 4.78 is 7.10. The molecule has 0 aliphatic heterocycles. The third-order valence-corrected chi connectivity index (χ3v) is 6.57. The van der Waals surface area contributed by atoms with Crippen molar-refractivity contribution >= 4 is 46.7 Å². The first-order valence-electron chi connectivity index (χ1n) is 10.7. The van der Waals surface area contributed by atoms with E-state index in [-0.39, 0.29) is 6.54 Å². The van der Waals surface area contributed by atoms with Crippen LogP contribution < -0.4 is 15.4 Å². The molecule has 0 aliphatic rings. The molecule has 2 amide bonds. The largest absolute Gasteiger partial charge is 0.497 e. The summed E-state index contributed by atoms with van der Waals surface area (Å²) in [6.07, 6.45) is 0. The summed E-state index contributed by atoms with van der Waals surface area (Å²) in [7, 11) is 1.63. The van der Waals surface area contributed by atoms with E-state index in [9.17, 15) is 4.79 Å². The fraction of sp³-hybridized carbons (Fsp3) is 0.120. The van der Waals surface area contributed by atoms with Gasteiger partial charge in [-0.1, -0.05) is 47.1 Å². The maximum atomic E-state index is 12.5. The highest BCUT2D eigenvalue weighted by Gasteiger charge is 2.18. The molecule has 2 N–H and O–H groups in total. The van der Waals surface area contributed by atoms with Crippen molar-refractivity contribution < 1.29 is 9.53 Å². The molecule has 0 radical (unpaired) electrons. The lowest BCUT2D eigenvalue weighted by Gasteiger charge is -2.13. The van der Waals surface area contributed by atoms with Crippen LogP contribution in [0.15, 0.2) is 71.9 Å². The SMILES string of the molecule is COc1cccc(CSc2nnc(CNC(=O)Nc3ccc(C#N)cc3)n2-c2ccc(Cl)cc2Cl)c1. The minimum atomic E-state index is -0.429. The van der Waals surface area contributed by atoms with Crippen LogP contribution >= 0.6 is 35.0 Å². The van der Waals surface area contributed by atoms with Gasteiger partial charge in [0, 0.05) is 16.5 Å². The molecule has 0 unspecified atom stereocenters. The number of urea groups is 1. The lowest BCUT2D eigenvalue weighted by Crippen LogP contribution is -2.29. The highest BCUT2D eigenvalue weighted by molar-refractivity contribution is 7.98. The van der Waals surface area contributed by atoms with Crippen molar-refractivity contribution in [3.05, 3.63) is 93.7 Å². The lowest BCUT2D eigenvalue weighted by atomic mass is 10.2. The van der Waals surface area contributed by atoms with Gasteiger partial charge in [-0.15, -0.1) is 10.2 Å². The number of thioether (sulfide) groups is 1. The lowest BCUT2D eigenvalue weighted by molar-refractivity contribution is 0.251. The third kappa shape index (κ3) is 6.29. The van der Waals surface area contributed by atoms with Gasteiger partial charge in [0.1, 0.15) is 5.75 Å². The van der Waals surface area contributed by atoms with Crippen LogP contribution in [0.5, 0.6) is 5.75 Å². The zero-order valence-electron chi connectivity index (χ0n) is 19.0. The molecule has 8 nitrogen and oxygen atoms in total. The molecule has 3 aromatic carbocycles. The molecular formula is C25H20Cl2N6O2S. The summed E-state index contributed by atoms with van der Waals surface area (Å²) in [5.41, 5.74) is 2.76. The number of carbonyl (C=O) groups excluding carboxylic acids is 1. The molecule has 4 aromatic rings. The van der Waals surface area contributed by atoms with Crippen LogP contribution in [0.3, 0.4) is 0 Å². The Hall–Kier alpha value is -3.71. The molecule has 0 bridgehead atoms. The van der Waals surface area contributed by atoms with Gasteiger partial charge in [-0.3, -0.25) is 4.57 Å². The van der Waals surface area contributed by atoms with Gasteiger partial charge in [0.15, 0.2) is 11.0 Å². The molecule has 0 atom stereocenters. The fourth-order valence-corrected chi connectivity index (χ4v) is 4.69. The number of carbonyl (C=O) groups is 1. The van der Waals surface area contributed by atoms with Crippen molar-refractivity contribution in [3.63, 3.8) is 0 Å². The maximum Gasteiger partial charge on any atom is 0.319 e. The number of nitriles is 1. The number of benzene rings is 3. The molecule has 182 valence electrons. The second-order valence-corrected chi connectivity index (χ2v) is 9.25. The summed E-state index contributed by atoms with van der Waals surface area (Å²) in [6, 6.07) is 21.1. The first kappa shape index (κ1) is 25.4. The van der Waals surface area contributed by atoms with Gasteiger partial charge >= 0.3 is 6.03 Å². The van der Waals surface area contributed by atoms with Crippen LogP contribution in [-0.2, 0) is 12.3 Å². The van der Waals surface area contributed by atoms with Crippen molar-refractivity contribution in [1.29, 1.82) is 5.26 Å². The van der Waals surface area contributed by atoms with Crippen molar-refractivity contribution in [1.82, 2.24) is 20.1 Å². The first-order valence-corrected chi connectivity index (χ1v) is 12.4. The summed E-state index contributed by atoms with van der Waals surface area (Å²) in [5, 5.41) is 24.6. The zero-order valence-corrected chi connectivity index (χ0v) is 21.4. The Balaban J connectivity index is 1.53. The first-order chi connectivity index (χ1) is 17.5. The van der Waals surface area contributed by atoms with Gasteiger partial charge in [0.05, 0.1) is 36.0 Å². The van der Waals surface area contributed by atoms with Crippen LogP contribution in [0.1, 0.15) is 17.0 Å². The van der Waals surface area contributed by atoms with E-state index in [4.69, 9.17) is 33.2 Å². The van der Waals surface area contributed by atoms with Crippen LogP contribution in [0.2, 0.25) is 10.0 Å². The number of anilines is 1. The number of amides is 2. The van der Waals surface area contributed by atoms with Crippen molar-refractivity contribution in [2.24, 2.45) is 0 Å². The van der Waals surface area contributed by atoms with E-state index in [2.05, 4.69) is 20.8 Å². The Morgan fingerprint density at radius 2 is 1.92 bits per heavy atom. The number of nitrogens with one attached hydrogen (secondary N) is 2. The number of methoxy groups -OCH3 is 1. The molecule has 0 aliphatic carbocycles. The summed E-state index contributed by atoms with van der Waals surface area (Å²) in [6.45, 7) is 0.0911. The van der Waals surface area contributed by atoms with Crippen molar-refractivity contribution in [2.45, 2.75) is 17.5 Å². The molecule has 0 spiro atoms. The Morgan fingerprint density at radius 3 is 2.64 bits per heavy atom. The number of hydrogen-bond donors (Lipinski definition) is 2. The number of nitrogens with zero attached hydrogens (tertiary/aromatic N) is 4. The number of halogens is 2. The number of ether oxygens (including phenoxy) is 1. The Morgan fingerprint density at radius 1 is 1.11 bits per heavy atom. The molecule has 11 heteroatoms. The molecule has 1 aromatic heterocycles. The fourth-order valence-electron chi connectivity index (χ4n) is 3.29. The van der Waals surface area contributed by atoms with E-state index in [1.807, 2.05) is 30.3 Å². The van der Waals surface area contributed by atoms with E-state index in [0.29, 0.717) is 43.7 Å². The highest BCUT2D eigenvalue weighted by Crippen LogP contribution is 2.31. The Kier molecular flexibility index (Phi) is 8.33. The minimum absolute atomic E-state index is 0.0911. The van der Waals surface area contributed by atoms with E-state index >= 15 is 0 Å². The molecule has 36 heavy (non-hydrogen) atoms. The second-order valence-electron chi connectivity index (χ2n) is 7.47. The van der Waals surface area contributed by atoms with Gasteiger partial charge in [-0.05, 0) is 60.2 Å². The van der Waals surface area contributed by atoms with Crippen molar-refractivity contribution in [2.75, 3.05) is 12.4 Å². The zero-order chi connectivity index (χ0) is 25.5. The van der Waals surface area contributed by atoms with E-state index < -0.39 is 6.03 Å². The molecule has 0 fully saturated rings. The molecule has 1 heterocycles. The van der Waals surface area contributed by atoms with Gasteiger partial charge in [-0.25, -0.2) is 4.79 Å². The molecular weight excluding hydrogens is 519 g/mol. The summed E-state index contributed by atoms with van der Waals surface area (Å²) in [4.78, 5) is 12.5. The molecule has 0 saturated heterocycles. The average Bonchev–Trinajstić information content (AvgIpc) is 3.29. The Labute approximate surface area is 222 Å². The minimum Gasteiger partial charge on any atom is -0.497 e. The summed E-state index contributed by atoms with van der Waals surface area (Å²) in [5.74, 6) is 1.88. The van der Waals surface area contributed by atoms with Gasteiger partial charge in [-0.2, -0.15) is 5.26 Å². The van der Waals surface area contributed by atoms with E-state index in [1.54, 1.807) is 54.1 Å². The van der Waals surface area contributed by atoms with E-state index in [0.717, 1.165) is 11.3 Å². The predicted molar refractivity (Wildman–Crippen MR) is 141 cm³/mol. The van der Waals surface area contributed by atoms with Crippen LogP contribution in [0.25, 0.3) is 5.69 Å².